The number of amides is 1. The maximum atomic E-state index is 12.4. The molecule has 4 aromatic rings. The number of thiophene rings is 1. The fraction of sp³-hybridized carbons (Fsp3) is 0.167. The predicted molar refractivity (Wildman–Crippen MR) is 101 cm³/mol. The largest absolute Gasteiger partial charge is 0.345 e. The molecule has 0 spiro atoms. The summed E-state index contributed by atoms with van der Waals surface area (Å²) in [6, 6.07) is 12.1. The molecule has 0 saturated heterocycles. The molecular formula is C18H16N6O2S. The van der Waals surface area contributed by atoms with Gasteiger partial charge in [-0.3, -0.25) is 14.0 Å². The predicted octanol–water partition coefficient (Wildman–Crippen LogP) is 1.89. The second-order valence-electron chi connectivity index (χ2n) is 5.97. The highest BCUT2D eigenvalue weighted by Crippen LogP contribution is 2.21. The van der Waals surface area contributed by atoms with E-state index in [4.69, 9.17) is 0 Å². The quantitative estimate of drug-likeness (QED) is 0.571. The fourth-order valence-corrected chi connectivity index (χ4v) is 3.45. The van der Waals surface area contributed by atoms with Gasteiger partial charge in [0.25, 0.3) is 5.56 Å². The van der Waals surface area contributed by atoms with E-state index in [1.807, 2.05) is 53.2 Å². The third kappa shape index (κ3) is 3.49. The lowest BCUT2D eigenvalue weighted by atomic mass is 10.3. The van der Waals surface area contributed by atoms with Crippen LogP contribution in [-0.2, 0) is 11.3 Å². The number of fused-ring (bicyclic) bond motifs is 1. The smallest absolute Gasteiger partial charge is 0.267 e. The van der Waals surface area contributed by atoms with Gasteiger partial charge in [-0.25, -0.2) is 4.68 Å². The van der Waals surface area contributed by atoms with Crippen molar-refractivity contribution in [2.24, 2.45) is 0 Å². The number of carbonyl (C=O) groups excluding carboxylic acids is 1. The van der Waals surface area contributed by atoms with Gasteiger partial charge in [0.2, 0.25) is 5.91 Å². The van der Waals surface area contributed by atoms with E-state index in [0.29, 0.717) is 17.2 Å². The average Bonchev–Trinajstić information content (AvgIpc) is 3.33. The van der Waals surface area contributed by atoms with E-state index in [1.54, 1.807) is 6.07 Å². The van der Waals surface area contributed by atoms with Crippen LogP contribution in [-0.4, -0.2) is 30.3 Å². The number of nitrogens with one attached hydrogen (secondary N) is 1. The third-order valence-corrected chi connectivity index (χ3v) is 4.93. The molecule has 27 heavy (non-hydrogen) atoms. The number of nitrogens with zero attached hydrogens (tertiary/aromatic N) is 5. The van der Waals surface area contributed by atoms with Crippen LogP contribution in [0.15, 0.2) is 58.8 Å². The molecule has 1 amide bonds. The first-order chi connectivity index (χ1) is 13.1. The fourth-order valence-electron chi connectivity index (χ4n) is 2.76. The Kier molecular flexibility index (Phi) is 4.51. The summed E-state index contributed by atoms with van der Waals surface area (Å²) in [6.07, 6.45) is 1.84. The molecule has 9 heteroatoms. The van der Waals surface area contributed by atoms with Gasteiger partial charge in [-0.1, -0.05) is 12.1 Å². The minimum absolute atomic E-state index is 0.168. The summed E-state index contributed by atoms with van der Waals surface area (Å²) in [7, 11) is 0. The van der Waals surface area contributed by atoms with Gasteiger partial charge in [0, 0.05) is 12.3 Å². The number of hydrogen-bond acceptors (Lipinski definition) is 6. The summed E-state index contributed by atoms with van der Waals surface area (Å²) in [5.74, 6) is 0.291. The van der Waals surface area contributed by atoms with Crippen LogP contribution < -0.4 is 10.9 Å². The second-order valence-corrected chi connectivity index (χ2v) is 6.92. The lowest BCUT2D eigenvalue weighted by molar-refractivity contribution is -0.122. The molecular weight excluding hydrogens is 364 g/mol. The first-order valence-electron chi connectivity index (χ1n) is 8.33. The minimum Gasteiger partial charge on any atom is -0.345 e. The topological polar surface area (TPSA) is 94.2 Å². The van der Waals surface area contributed by atoms with Crippen molar-refractivity contribution in [1.82, 2.24) is 29.7 Å². The molecule has 1 N–H and O–H groups in total. The van der Waals surface area contributed by atoms with Crippen LogP contribution in [0.2, 0.25) is 0 Å². The standard InChI is InChI=1S/C18H16N6O2S/c1-12(18-21-20-15-6-2-3-9-23(15)18)19-16(25)11-24-17(26)8-7-13(22-24)14-5-4-10-27-14/h2-10,12H,11H2,1H3,(H,19,25)/t12-/m0/s1. The molecule has 136 valence electrons. The Bertz CT molecular complexity index is 1150. The monoisotopic (exact) mass is 380 g/mol. The van der Waals surface area contributed by atoms with Gasteiger partial charge in [0.05, 0.1) is 10.9 Å². The zero-order valence-electron chi connectivity index (χ0n) is 14.4. The first-order valence-corrected chi connectivity index (χ1v) is 9.21. The van der Waals surface area contributed by atoms with Gasteiger partial charge in [-0.15, -0.1) is 21.5 Å². The lowest BCUT2D eigenvalue weighted by Gasteiger charge is -2.13. The summed E-state index contributed by atoms with van der Waals surface area (Å²) >= 11 is 1.52. The molecule has 0 fully saturated rings. The first kappa shape index (κ1) is 17.1. The molecule has 4 aromatic heterocycles. The highest BCUT2D eigenvalue weighted by Gasteiger charge is 2.16. The zero-order chi connectivity index (χ0) is 18.8. The second kappa shape index (κ2) is 7.12. The van der Waals surface area contributed by atoms with Gasteiger partial charge in [-0.2, -0.15) is 5.10 Å². The summed E-state index contributed by atoms with van der Waals surface area (Å²) < 4.78 is 2.98. The average molecular weight is 380 g/mol. The highest BCUT2D eigenvalue weighted by atomic mass is 32.1. The van der Waals surface area contributed by atoms with Gasteiger partial charge in [-0.05, 0) is 36.6 Å². The number of carbonyl (C=O) groups is 1. The normalized spacial score (nSPS) is 12.2. The molecule has 0 aliphatic carbocycles. The maximum Gasteiger partial charge on any atom is 0.267 e. The van der Waals surface area contributed by atoms with Crippen molar-refractivity contribution in [3.05, 3.63) is 70.2 Å². The van der Waals surface area contributed by atoms with Crippen LogP contribution in [0.3, 0.4) is 0 Å². The Balaban J connectivity index is 1.51. The van der Waals surface area contributed by atoms with Crippen LogP contribution in [0.1, 0.15) is 18.8 Å². The van der Waals surface area contributed by atoms with Gasteiger partial charge in [0.15, 0.2) is 11.5 Å². The minimum atomic E-state index is -0.369. The van der Waals surface area contributed by atoms with E-state index in [2.05, 4.69) is 20.6 Å². The molecule has 0 saturated carbocycles. The van der Waals surface area contributed by atoms with E-state index in [0.717, 1.165) is 4.88 Å². The summed E-state index contributed by atoms with van der Waals surface area (Å²) in [6.45, 7) is 1.65. The Morgan fingerprint density at radius 1 is 1.19 bits per heavy atom. The lowest BCUT2D eigenvalue weighted by Crippen LogP contribution is -2.35. The number of hydrogen-bond donors (Lipinski definition) is 1. The Morgan fingerprint density at radius 2 is 2.07 bits per heavy atom. The Hall–Kier alpha value is -3.33. The van der Waals surface area contributed by atoms with Crippen LogP contribution in [0, 0.1) is 0 Å². The third-order valence-electron chi connectivity index (χ3n) is 4.04. The molecule has 0 aromatic carbocycles. The van der Waals surface area contributed by atoms with Crippen molar-refractivity contribution in [1.29, 1.82) is 0 Å². The molecule has 0 radical (unpaired) electrons. The van der Waals surface area contributed by atoms with Crippen molar-refractivity contribution in [3.8, 4) is 10.6 Å². The van der Waals surface area contributed by atoms with Crippen molar-refractivity contribution >= 4 is 22.9 Å². The van der Waals surface area contributed by atoms with Crippen molar-refractivity contribution in [2.45, 2.75) is 19.5 Å². The molecule has 4 heterocycles. The number of aromatic nitrogens is 5. The molecule has 0 aliphatic rings. The van der Waals surface area contributed by atoms with Crippen molar-refractivity contribution < 1.29 is 4.79 Å². The van der Waals surface area contributed by atoms with E-state index >= 15 is 0 Å². The van der Waals surface area contributed by atoms with E-state index in [9.17, 15) is 9.59 Å². The van der Waals surface area contributed by atoms with Crippen LogP contribution in [0.5, 0.6) is 0 Å². The van der Waals surface area contributed by atoms with Crippen molar-refractivity contribution in [3.63, 3.8) is 0 Å². The molecule has 8 nitrogen and oxygen atoms in total. The van der Waals surface area contributed by atoms with Gasteiger partial charge in [0.1, 0.15) is 12.2 Å². The SMILES string of the molecule is C[C@H](NC(=O)Cn1nc(-c2cccs2)ccc1=O)c1nnc2ccccn12. The molecule has 4 rings (SSSR count). The van der Waals surface area contributed by atoms with Crippen LogP contribution in [0.25, 0.3) is 16.2 Å². The summed E-state index contributed by atoms with van der Waals surface area (Å²) in [5, 5.41) is 17.3. The van der Waals surface area contributed by atoms with Crippen molar-refractivity contribution in [2.75, 3.05) is 0 Å². The van der Waals surface area contributed by atoms with E-state index < -0.39 is 0 Å². The van der Waals surface area contributed by atoms with Crippen LogP contribution >= 0.6 is 11.3 Å². The highest BCUT2D eigenvalue weighted by molar-refractivity contribution is 7.13. The number of pyridine rings is 1. The molecule has 0 bridgehead atoms. The zero-order valence-corrected chi connectivity index (χ0v) is 15.3. The van der Waals surface area contributed by atoms with E-state index in [1.165, 1.54) is 22.1 Å². The Labute approximate surface area is 158 Å². The van der Waals surface area contributed by atoms with E-state index in [-0.39, 0.29) is 24.1 Å². The molecule has 0 unspecified atom stereocenters. The number of rotatable bonds is 5. The summed E-state index contributed by atoms with van der Waals surface area (Å²) in [4.78, 5) is 25.4. The molecule has 0 aliphatic heterocycles. The van der Waals surface area contributed by atoms with Crippen LogP contribution in [0.4, 0.5) is 0 Å². The molecule has 1 atom stereocenters. The summed E-state index contributed by atoms with van der Waals surface area (Å²) in [5.41, 5.74) is 1.04. The van der Waals surface area contributed by atoms with Gasteiger partial charge < -0.3 is 5.32 Å². The maximum absolute atomic E-state index is 12.4. The Morgan fingerprint density at radius 3 is 2.89 bits per heavy atom. The van der Waals surface area contributed by atoms with Gasteiger partial charge >= 0.3 is 0 Å².